The van der Waals surface area contributed by atoms with E-state index in [1.54, 1.807) is 4.90 Å². The van der Waals surface area contributed by atoms with Gasteiger partial charge in [-0.3, -0.25) is 4.90 Å². The lowest BCUT2D eigenvalue weighted by Gasteiger charge is -2.41. The van der Waals surface area contributed by atoms with Gasteiger partial charge in [0.1, 0.15) is 5.60 Å². The van der Waals surface area contributed by atoms with E-state index in [-0.39, 0.29) is 31.1 Å². The molecule has 1 fully saturated rings. The first-order valence-corrected chi connectivity index (χ1v) is 8.26. The van der Waals surface area contributed by atoms with E-state index >= 15 is 0 Å². The number of amides is 1. The zero-order valence-electron chi connectivity index (χ0n) is 14.8. The predicted molar refractivity (Wildman–Crippen MR) is 97.4 cm³/mol. The van der Waals surface area contributed by atoms with Crippen molar-refractivity contribution in [2.75, 3.05) is 26.2 Å². The molecule has 1 N–H and O–H groups in total. The van der Waals surface area contributed by atoms with Gasteiger partial charge in [0.2, 0.25) is 0 Å². The molecule has 1 atom stereocenters. The summed E-state index contributed by atoms with van der Waals surface area (Å²) in [6.07, 6.45) is 0.292. The fourth-order valence-corrected chi connectivity index (χ4v) is 2.86. The second kappa shape index (κ2) is 9.25. The van der Waals surface area contributed by atoms with Crippen molar-refractivity contribution in [2.24, 2.45) is 0 Å². The second-order valence-corrected chi connectivity index (χ2v) is 7.06. The molecule has 1 aliphatic rings. The number of benzene rings is 1. The summed E-state index contributed by atoms with van der Waals surface area (Å²) >= 11 is 0. The Kier molecular flexibility index (Phi) is 8.00. The Bertz CT molecular complexity index is 505. The van der Waals surface area contributed by atoms with Crippen molar-refractivity contribution < 1.29 is 14.6 Å². The van der Waals surface area contributed by atoms with E-state index in [9.17, 15) is 9.90 Å². The second-order valence-electron chi connectivity index (χ2n) is 7.06. The highest BCUT2D eigenvalue weighted by Gasteiger charge is 2.32. The van der Waals surface area contributed by atoms with Gasteiger partial charge in [0, 0.05) is 38.8 Å². The first-order valence-electron chi connectivity index (χ1n) is 8.26. The Morgan fingerprint density at radius 3 is 2.50 bits per heavy atom. The number of aliphatic hydroxyl groups excluding tert-OH is 1. The zero-order chi connectivity index (χ0) is 16.9. The Morgan fingerprint density at radius 2 is 1.92 bits per heavy atom. The van der Waals surface area contributed by atoms with Gasteiger partial charge in [-0.1, -0.05) is 30.3 Å². The summed E-state index contributed by atoms with van der Waals surface area (Å²) < 4.78 is 5.49. The van der Waals surface area contributed by atoms with E-state index in [0.29, 0.717) is 13.0 Å². The van der Waals surface area contributed by atoms with Crippen LogP contribution < -0.4 is 0 Å². The number of hydrogen-bond donors (Lipinski definition) is 1. The summed E-state index contributed by atoms with van der Waals surface area (Å²) in [5, 5.41) is 9.33. The van der Waals surface area contributed by atoms with Crippen molar-refractivity contribution in [2.45, 2.75) is 45.4 Å². The van der Waals surface area contributed by atoms with Gasteiger partial charge in [-0.05, 0) is 32.8 Å². The molecule has 0 saturated carbocycles. The number of nitrogens with zero attached hydrogens (tertiary/aromatic N) is 2. The topological polar surface area (TPSA) is 53.0 Å². The largest absolute Gasteiger partial charge is 0.444 e. The Balaban J connectivity index is 0.00000288. The fraction of sp³-hybridized carbons (Fsp3) is 0.611. The first-order chi connectivity index (χ1) is 10.9. The van der Waals surface area contributed by atoms with Crippen LogP contribution in [0.25, 0.3) is 0 Å². The zero-order valence-corrected chi connectivity index (χ0v) is 15.6. The summed E-state index contributed by atoms with van der Waals surface area (Å²) in [7, 11) is 0. The van der Waals surface area contributed by atoms with Crippen LogP contribution in [0.1, 0.15) is 32.8 Å². The molecule has 5 nitrogen and oxygen atoms in total. The van der Waals surface area contributed by atoms with Crippen molar-refractivity contribution in [1.29, 1.82) is 0 Å². The van der Waals surface area contributed by atoms with Crippen LogP contribution in [0.3, 0.4) is 0 Å². The minimum absolute atomic E-state index is 0. The molecular weight excluding hydrogens is 328 g/mol. The third-order valence-electron chi connectivity index (χ3n) is 3.91. The summed E-state index contributed by atoms with van der Waals surface area (Å²) in [6, 6.07) is 10.3. The fourth-order valence-electron chi connectivity index (χ4n) is 2.86. The third kappa shape index (κ3) is 6.30. The highest BCUT2D eigenvalue weighted by atomic mass is 35.5. The van der Waals surface area contributed by atoms with Crippen molar-refractivity contribution >= 4 is 18.5 Å². The van der Waals surface area contributed by atoms with Crippen LogP contribution in [0.2, 0.25) is 0 Å². The number of halogens is 1. The van der Waals surface area contributed by atoms with Gasteiger partial charge in [-0.2, -0.15) is 0 Å². The van der Waals surface area contributed by atoms with E-state index in [2.05, 4.69) is 17.0 Å². The molecule has 0 unspecified atom stereocenters. The van der Waals surface area contributed by atoms with Gasteiger partial charge in [0.15, 0.2) is 0 Å². The molecule has 136 valence electrons. The summed E-state index contributed by atoms with van der Waals surface area (Å²) in [5.74, 6) is 0. The monoisotopic (exact) mass is 356 g/mol. The number of rotatable bonds is 4. The SMILES string of the molecule is CC(C)(C)OC(=O)N1CCN(Cc2ccccc2)C[C@H]1CCO.Cl. The number of aliphatic hydroxyl groups is 1. The molecule has 1 amide bonds. The van der Waals surface area contributed by atoms with Gasteiger partial charge in [-0.25, -0.2) is 4.79 Å². The molecule has 0 aliphatic carbocycles. The minimum atomic E-state index is -0.498. The lowest BCUT2D eigenvalue weighted by molar-refractivity contribution is -0.00610. The van der Waals surface area contributed by atoms with Crippen molar-refractivity contribution in [3.8, 4) is 0 Å². The minimum Gasteiger partial charge on any atom is -0.444 e. The highest BCUT2D eigenvalue weighted by Crippen LogP contribution is 2.19. The van der Waals surface area contributed by atoms with E-state index in [1.165, 1.54) is 5.56 Å². The standard InChI is InChI=1S/C18H28N2O3.ClH/c1-18(2,3)23-17(22)20-11-10-19(14-16(20)9-12-21)13-15-7-5-4-6-8-15;/h4-8,16,21H,9-14H2,1-3H3;1H/t16-;/m1./s1. The molecule has 0 spiro atoms. The average molecular weight is 357 g/mol. The third-order valence-corrected chi connectivity index (χ3v) is 3.91. The maximum absolute atomic E-state index is 12.4. The molecule has 0 aromatic heterocycles. The quantitative estimate of drug-likeness (QED) is 0.901. The number of carbonyl (C=O) groups is 1. The molecule has 1 aromatic carbocycles. The van der Waals surface area contributed by atoms with Crippen LogP contribution in [0.15, 0.2) is 30.3 Å². The van der Waals surface area contributed by atoms with E-state index < -0.39 is 5.60 Å². The number of carbonyl (C=O) groups excluding carboxylic acids is 1. The molecule has 0 bridgehead atoms. The predicted octanol–water partition coefficient (Wildman–Crippen LogP) is 2.91. The van der Waals surface area contributed by atoms with Crippen molar-refractivity contribution in [3.63, 3.8) is 0 Å². The molecule has 1 aromatic rings. The summed E-state index contributed by atoms with van der Waals surface area (Å²) in [4.78, 5) is 16.5. The van der Waals surface area contributed by atoms with Crippen molar-refractivity contribution in [1.82, 2.24) is 9.80 Å². The molecule has 1 saturated heterocycles. The lowest BCUT2D eigenvalue weighted by atomic mass is 10.1. The van der Waals surface area contributed by atoms with Crippen molar-refractivity contribution in [3.05, 3.63) is 35.9 Å². The maximum Gasteiger partial charge on any atom is 0.410 e. The van der Waals surface area contributed by atoms with Gasteiger partial charge in [-0.15, -0.1) is 12.4 Å². The summed E-state index contributed by atoms with van der Waals surface area (Å²) in [6.45, 7) is 8.76. The molecule has 0 radical (unpaired) electrons. The molecule has 1 heterocycles. The Hall–Kier alpha value is -1.30. The van der Waals surface area contributed by atoms with Crippen LogP contribution in [-0.2, 0) is 11.3 Å². The van der Waals surface area contributed by atoms with Crippen LogP contribution in [0, 0.1) is 0 Å². The lowest BCUT2D eigenvalue weighted by Crippen LogP contribution is -2.56. The first kappa shape index (κ1) is 20.7. The molecule has 1 aliphatic heterocycles. The average Bonchev–Trinajstić information content (AvgIpc) is 2.47. The Labute approximate surface area is 151 Å². The molecule has 24 heavy (non-hydrogen) atoms. The van der Waals surface area contributed by atoms with Crippen LogP contribution in [0.4, 0.5) is 4.79 Å². The number of piperazine rings is 1. The number of ether oxygens (including phenoxy) is 1. The van der Waals surface area contributed by atoms with Crippen LogP contribution in [0.5, 0.6) is 0 Å². The van der Waals surface area contributed by atoms with E-state index in [0.717, 1.165) is 19.6 Å². The normalized spacial score (nSPS) is 18.8. The van der Waals surface area contributed by atoms with E-state index in [4.69, 9.17) is 4.74 Å². The molecule has 6 heteroatoms. The molecular formula is C18H29ClN2O3. The van der Waals surface area contributed by atoms with Gasteiger partial charge in [0.05, 0.1) is 0 Å². The Morgan fingerprint density at radius 1 is 1.25 bits per heavy atom. The number of hydrogen-bond acceptors (Lipinski definition) is 4. The van der Waals surface area contributed by atoms with Crippen LogP contribution in [-0.4, -0.2) is 58.9 Å². The van der Waals surface area contributed by atoms with Gasteiger partial charge >= 0.3 is 6.09 Å². The van der Waals surface area contributed by atoms with Gasteiger partial charge in [0.25, 0.3) is 0 Å². The van der Waals surface area contributed by atoms with E-state index in [1.807, 2.05) is 39.0 Å². The molecule has 2 rings (SSSR count). The smallest absolute Gasteiger partial charge is 0.410 e. The van der Waals surface area contributed by atoms with Crippen LogP contribution >= 0.6 is 12.4 Å². The summed E-state index contributed by atoms with van der Waals surface area (Å²) in [5.41, 5.74) is 0.767. The maximum atomic E-state index is 12.4. The highest BCUT2D eigenvalue weighted by molar-refractivity contribution is 5.85. The van der Waals surface area contributed by atoms with Gasteiger partial charge < -0.3 is 14.7 Å².